The summed E-state index contributed by atoms with van der Waals surface area (Å²) in [6, 6.07) is 17.8. The van der Waals surface area contributed by atoms with Crippen LogP contribution in [0.5, 0.6) is 5.75 Å². The SMILES string of the molecule is COc1ccc(Nc2nccc(N3CCCCC3)n2)cc1.Cc1ccc(CNC=O)cc1. The first-order chi connectivity index (χ1) is 15.7. The molecule has 0 spiro atoms. The Labute approximate surface area is 189 Å². The molecule has 2 aromatic carbocycles. The molecule has 32 heavy (non-hydrogen) atoms. The van der Waals surface area contributed by atoms with Crippen molar-refractivity contribution in [2.45, 2.75) is 32.7 Å². The van der Waals surface area contributed by atoms with Gasteiger partial charge < -0.3 is 20.3 Å². The van der Waals surface area contributed by atoms with Gasteiger partial charge in [-0.2, -0.15) is 4.98 Å². The number of nitrogens with zero attached hydrogens (tertiary/aromatic N) is 3. The minimum absolute atomic E-state index is 0.615. The summed E-state index contributed by atoms with van der Waals surface area (Å²) in [5.74, 6) is 2.47. The average Bonchev–Trinajstić information content (AvgIpc) is 2.85. The molecule has 1 aliphatic rings. The predicted molar refractivity (Wildman–Crippen MR) is 128 cm³/mol. The molecule has 7 nitrogen and oxygen atoms in total. The van der Waals surface area contributed by atoms with Crippen molar-refractivity contribution >= 4 is 23.9 Å². The molecule has 2 N–H and O–H groups in total. The highest BCUT2D eigenvalue weighted by atomic mass is 16.5. The number of piperidine rings is 1. The van der Waals surface area contributed by atoms with Crippen LogP contribution in [-0.2, 0) is 11.3 Å². The zero-order chi connectivity index (χ0) is 22.6. The van der Waals surface area contributed by atoms with Crippen molar-refractivity contribution in [2.75, 3.05) is 30.4 Å². The lowest BCUT2D eigenvalue weighted by atomic mass is 10.1. The number of carbonyl (C=O) groups excluding carboxylic acids is 1. The maximum atomic E-state index is 9.93. The van der Waals surface area contributed by atoms with E-state index in [1.807, 2.05) is 67.7 Å². The van der Waals surface area contributed by atoms with Gasteiger partial charge >= 0.3 is 0 Å². The molecule has 0 unspecified atom stereocenters. The molecular weight excluding hydrogens is 402 g/mol. The zero-order valence-electron chi connectivity index (χ0n) is 18.8. The molecule has 0 atom stereocenters. The Hall–Kier alpha value is -3.61. The molecule has 0 aliphatic carbocycles. The van der Waals surface area contributed by atoms with Crippen LogP contribution in [-0.4, -0.2) is 36.6 Å². The van der Waals surface area contributed by atoms with Gasteiger partial charge in [0.15, 0.2) is 0 Å². The molecule has 168 valence electrons. The van der Waals surface area contributed by atoms with Crippen LogP contribution in [0.1, 0.15) is 30.4 Å². The van der Waals surface area contributed by atoms with E-state index < -0.39 is 0 Å². The van der Waals surface area contributed by atoms with Crippen LogP contribution in [0.4, 0.5) is 17.5 Å². The lowest BCUT2D eigenvalue weighted by Crippen LogP contribution is -2.30. The zero-order valence-corrected chi connectivity index (χ0v) is 18.8. The topological polar surface area (TPSA) is 79.4 Å². The van der Waals surface area contributed by atoms with Crippen molar-refractivity contribution in [3.63, 3.8) is 0 Å². The van der Waals surface area contributed by atoms with Crippen LogP contribution in [0.2, 0.25) is 0 Å². The Morgan fingerprint density at radius 3 is 2.38 bits per heavy atom. The molecule has 1 saturated heterocycles. The van der Waals surface area contributed by atoms with Gasteiger partial charge in [-0.25, -0.2) is 4.98 Å². The second-order valence-corrected chi connectivity index (χ2v) is 7.62. The molecule has 1 fully saturated rings. The van der Waals surface area contributed by atoms with Crippen molar-refractivity contribution in [1.82, 2.24) is 15.3 Å². The Morgan fingerprint density at radius 1 is 1.00 bits per heavy atom. The molecule has 4 rings (SSSR count). The summed E-state index contributed by atoms with van der Waals surface area (Å²) in [7, 11) is 1.66. The van der Waals surface area contributed by atoms with Crippen molar-refractivity contribution < 1.29 is 9.53 Å². The number of aryl methyl sites for hydroxylation is 1. The van der Waals surface area contributed by atoms with Gasteiger partial charge in [-0.3, -0.25) is 4.79 Å². The van der Waals surface area contributed by atoms with Crippen LogP contribution in [0.3, 0.4) is 0 Å². The van der Waals surface area contributed by atoms with E-state index in [9.17, 15) is 4.79 Å². The minimum Gasteiger partial charge on any atom is -0.497 e. The lowest BCUT2D eigenvalue weighted by molar-refractivity contribution is -0.109. The molecule has 2 heterocycles. The van der Waals surface area contributed by atoms with Crippen molar-refractivity contribution in [1.29, 1.82) is 0 Å². The first-order valence-electron chi connectivity index (χ1n) is 10.9. The summed E-state index contributed by atoms with van der Waals surface area (Å²) in [5.41, 5.74) is 3.31. The van der Waals surface area contributed by atoms with Gasteiger partial charge in [0.1, 0.15) is 11.6 Å². The Kier molecular flexibility index (Phi) is 8.86. The summed E-state index contributed by atoms with van der Waals surface area (Å²) in [6.45, 7) is 4.82. The molecule has 1 amide bonds. The second kappa shape index (κ2) is 12.3. The Bertz CT molecular complexity index is 955. The third-order valence-corrected chi connectivity index (χ3v) is 5.18. The quantitative estimate of drug-likeness (QED) is 0.536. The van der Waals surface area contributed by atoms with E-state index in [-0.39, 0.29) is 0 Å². The fourth-order valence-corrected chi connectivity index (χ4v) is 3.38. The number of methoxy groups -OCH3 is 1. The predicted octanol–water partition coefficient (Wildman–Crippen LogP) is 4.46. The molecule has 0 bridgehead atoms. The van der Waals surface area contributed by atoms with Crippen molar-refractivity contribution in [2.24, 2.45) is 0 Å². The third kappa shape index (κ3) is 7.27. The second-order valence-electron chi connectivity index (χ2n) is 7.62. The number of hydrogen-bond donors (Lipinski definition) is 2. The average molecular weight is 434 g/mol. The molecular formula is C25H31N5O2. The van der Waals surface area contributed by atoms with Crippen LogP contribution < -0.4 is 20.3 Å². The molecule has 0 radical (unpaired) electrons. The summed E-state index contributed by atoms with van der Waals surface area (Å²) < 4.78 is 5.15. The summed E-state index contributed by atoms with van der Waals surface area (Å²) in [6.07, 6.45) is 6.32. The van der Waals surface area contributed by atoms with E-state index in [1.54, 1.807) is 7.11 Å². The normalized spacial score (nSPS) is 12.9. The maximum absolute atomic E-state index is 9.93. The highest BCUT2D eigenvalue weighted by Crippen LogP contribution is 2.21. The Balaban J connectivity index is 0.000000222. The summed E-state index contributed by atoms with van der Waals surface area (Å²) in [4.78, 5) is 21.2. The van der Waals surface area contributed by atoms with E-state index in [1.165, 1.54) is 24.8 Å². The van der Waals surface area contributed by atoms with Gasteiger partial charge in [0.2, 0.25) is 12.4 Å². The van der Waals surface area contributed by atoms with Crippen LogP contribution in [0, 0.1) is 6.92 Å². The number of rotatable bonds is 7. The number of amides is 1. The largest absolute Gasteiger partial charge is 0.497 e. The number of nitrogens with one attached hydrogen (secondary N) is 2. The molecule has 7 heteroatoms. The first kappa shape index (κ1) is 23.1. The molecule has 1 aromatic heterocycles. The van der Waals surface area contributed by atoms with E-state index in [2.05, 4.69) is 25.5 Å². The number of hydrogen-bond acceptors (Lipinski definition) is 6. The van der Waals surface area contributed by atoms with Gasteiger partial charge in [-0.1, -0.05) is 29.8 Å². The van der Waals surface area contributed by atoms with Crippen LogP contribution >= 0.6 is 0 Å². The van der Waals surface area contributed by atoms with Crippen LogP contribution in [0.15, 0.2) is 60.8 Å². The van der Waals surface area contributed by atoms with Crippen molar-refractivity contribution in [3.8, 4) is 5.75 Å². The number of benzene rings is 2. The van der Waals surface area contributed by atoms with E-state index >= 15 is 0 Å². The van der Waals surface area contributed by atoms with E-state index in [0.717, 1.165) is 35.9 Å². The molecule has 0 saturated carbocycles. The number of carbonyl (C=O) groups is 1. The Morgan fingerprint density at radius 2 is 1.72 bits per heavy atom. The summed E-state index contributed by atoms with van der Waals surface area (Å²) in [5, 5.41) is 5.83. The van der Waals surface area contributed by atoms with E-state index in [0.29, 0.717) is 18.9 Å². The van der Waals surface area contributed by atoms with Crippen molar-refractivity contribution in [3.05, 3.63) is 71.9 Å². The number of anilines is 3. The smallest absolute Gasteiger partial charge is 0.229 e. The minimum atomic E-state index is 0.615. The number of ether oxygens (including phenoxy) is 1. The first-order valence-corrected chi connectivity index (χ1v) is 10.9. The fraction of sp³-hybridized carbons (Fsp3) is 0.320. The van der Waals surface area contributed by atoms with Gasteiger partial charge in [-0.15, -0.1) is 0 Å². The van der Waals surface area contributed by atoms with Gasteiger partial charge in [0.25, 0.3) is 0 Å². The molecule has 1 aliphatic heterocycles. The van der Waals surface area contributed by atoms with Gasteiger partial charge in [0.05, 0.1) is 7.11 Å². The maximum Gasteiger partial charge on any atom is 0.229 e. The van der Waals surface area contributed by atoms with Gasteiger partial charge in [-0.05, 0) is 62.1 Å². The standard InChI is InChI=1S/C16H20N4O.C9H11NO/c1-21-14-7-5-13(6-8-14)18-16-17-10-9-15(19-16)20-11-3-2-4-12-20;1-8-2-4-9(5-3-8)6-10-7-11/h5-10H,2-4,11-12H2,1H3,(H,17,18,19);2-5,7H,6H2,1H3,(H,10,11). The number of aromatic nitrogens is 2. The van der Waals surface area contributed by atoms with Crippen LogP contribution in [0.25, 0.3) is 0 Å². The fourth-order valence-electron chi connectivity index (χ4n) is 3.38. The highest BCUT2D eigenvalue weighted by molar-refractivity contribution is 5.56. The highest BCUT2D eigenvalue weighted by Gasteiger charge is 2.12. The molecule has 3 aromatic rings. The van der Waals surface area contributed by atoms with E-state index in [4.69, 9.17) is 4.74 Å². The summed E-state index contributed by atoms with van der Waals surface area (Å²) >= 11 is 0. The monoisotopic (exact) mass is 433 g/mol. The third-order valence-electron chi connectivity index (χ3n) is 5.18. The van der Waals surface area contributed by atoms with Gasteiger partial charge in [0, 0.05) is 31.5 Å². The lowest BCUT2D eigenvalue weighted by Gasteiger charge is -2.27.